The number of carbonyl (C=O) groups is 1. The number of ether oxygens (including phenoxy) is 1. The largest absolute Gasteiger partial charge is 0.494 e. The maximum atomic E-state index is 9.25. The fourth-order valence-corrected chi connectivity index (χ4v) is 1.77. The van der Waals surface area contributed by atoms with Crippen LogP contribution in [0.2, 0.25) is 0 Å². The zero-order valence-electron chi connectivity index (χ0n) is 16.3. The van der Waals surface area contributed by atoms with Crippen LogP contribution >= 0.6 is 0 Å². The van der Waals surface area contributed by atoms with Crippen molar-refractivity contribution in [3.05, 3.63) is 43.0 Å². The number of hydrogen-bond acceptors (Lipinski definition) is 4. The molecular formula is C21H36O5. The Labute approximate surface area is 158 Å². The molecule has 0 spiro atoms. The summed E-state index contributed by atoms with van der Waals surface area (Å²) < 4.78 is 5.63. The van der Waals surface area contributed by atoms with E-state index in [0.29, 0.717) is 0 Å². The van der Waals surface area contributed by atoms with Crippen molar-refractivity contribution < 1.29 is 24.9 Å². The zero-order chi connectivity index (χ0) is 20.0. The third kappa shape index (κ3) is 24.4. The van der Waals surface area contributed by atoms with Gasteiger partial charge in [0, 0.05) is 6.08 Å². The smallest absolute Gasteiger partial charge is 0.327 e. The number of carboxylic acid groups (broad SMARTS) is 1. The van der Waals surface area contributed by atoms with Crippen LogP contribution in [-0.2, 0) is 4.79 Å². The molecule has 0 radical (unpaired) electrons. The number of benzene rings is 1. The first-order valence-electron chi connectivity index (χ1n) is 9.30. The van der Waals surface area contributed by atoms with Gasteiger partial charge in [0.05, 0.1) is 19.3 Å². The van der Waals surface area contributed by atoms with Gasteiger partial charge in [-0.25, -0.2) is 4.79 Å². The molecule has 0 fully saturated rings. The van der Waals surface area contributed by atoms with Crippen molar-refractivity contribution in [3.8, 4) is 5.75 Å². The van der Waals surface area contributed by atoms with Gasteiger partial charge in [0.1, 0.15) is 5.75 Å². The van der Waals surface area contributed by atoms with E-state index in [1.807, 2.05) is 30.3 Å². The van der Waals surface area contributed by atoms with E-state index in [2.05, 4.69) is 13.5 Å². The van der Waals surface area contributed by atoms with Crippen molar-refractivity contribution in [1.82, 2.24) is 0 Å². The summed E-state index contributed by atoms with van der Waals surface area (Å²) in [5, 5.41) is 23.6. The number of rotatable bonds is 11. The number of para-hydroxylation sites is 1. The second kappa shape index (κ2) is 21.2. The molecule has 5 heteroatoms. The minimum absolute atomic E-state index is 0.139. The zero-order valence-corrected chi connectivity index (χ0v) is 16.3. The standard InChI is InChI=1S/C15H24O.C3H8O2.C3H4O2/c1-2-3-4-5-6-7-11-14-16-15-12-9-8-10-13-15;1-3(5)2-4;1-2-3(4)5/h8-10,12-13H,2-7,11,14H2,1H3;3-5H,2H2,1H3;2H,1H2,(H,4,5). The van der Waals surface area contributed by atoms with Crippen LogP contribution in [0.3, 0.4) is 0 Å². The van der Waals surface area contributed by atoms with Gasteiger partial charge in [-0.05, 0) is 25.5 Å². The van der Waals surface area contributed by atoms with E-state index in [1.165, 1.54) is 51.9 Å². The SMILES string of the molecule is C=CC(=O)O.CC(O)CO.CCCCCCCCCOc1ccccc1. The molecule has 0 heterocycles. The highest BCUT2D eigenvalue weighted by Crippen LogP contribution is 2.10. The normalized spacial score (nSPS) is 10.5. The molecule has 0 saturated carbocycles. The van der Waals surface area contributed by atoms with Crippen molar-refractivity contribution in [2.24, 2.45) is 0 Å². The average Bonchev–Trinajstić information content (AvgIpc) is 2.65. The van der Waals surface area contributed by atoms with Gasteiger partial charge in [0.2, 0.25) is 0 Å². The lowest BCUT2D eigenvalue weighted by molar-refractivity contribution is -0.131. The number of hydrogen-bond donors (Lipinski definition) is 3. The number of unbranched alkanes of at least 4 members (excludes halogenated alkanes) is 6. The lowest BCUT2D eigenvalue weighted by atomic mass is 10.1. The van der Waals surface area contributed by atoms with Crippen LogP contribution in [0.25, 0.3) is 0 Å². The Bertz CT molecular complexity index is 418. The number of aliphatic hydroxyl groups is 2. The van der Waals surface area contributed by atoms with E-state index < -0.39 is 12.1 Å². The first-order valence-corrected chi connectivity index (χ1v) is 9.30. The van der Waals surface area contributed by atoms with Crippen LogP contribution in [0.5, 0.6) is 5.75 Å². The van der Waals surface area contributed by atoms with Crippen molar-refractivity contribution in [2.75, 3.05) is 13.2 Å². The Hall–Kier alpha value is -1.85. The molecule has 0 saturated heterocycles. The van der Waals surface area contributed by atoms with Gasteiger partial charge >= 0.3 is 5.97 Å². The Balaban J connectivity index is 0. The molecule has 0 bridgehead atoms. The third-order valence-electron chi connectivity index (χ3n) is 3.20. The van der Waals surface area contributed by atoms with Gasteiger partial charge in [0.25, 0.3) is 0 Å². The topological polar surface area (TPSA) is 87.0 Å². The van der Waals surface area contributed by atoms with Crippen LogP contribution in [0.1, 0.15) is 58.8 Å². The fourth-order valence-electron chi connectivity index (χ4n) is 1.77. The Kier molecular flexibility index (Phi) is 21.5. The average molecular weight is 369 g/mol. The summed E-state index contributed by atoms with van der Waals surface area (Å²) in [4.78, 5) is 9.25. The second-order valence-corrected chi connectivity index (χ2v) is 5.86. The molecule has 1 rings (SSSR count). The maximum absolute atomic E-state index is 9.25. The molecular weight excluding hydrogens is 332 g/mol. The Morgan fingerprint density at radius 1 is 1.12 bits per heavy atom. The van der Waals surface area contributed by atoms with Gasteiger partial charge < -0.3 is 20.1 Å². The second-order valence-electron chi connectivity index (χ2n) is 5.86. The quantitative estimate of drug-likeness (QED) is 0.397. The molecule has 1 aromatic carbocycles. The number of aliphatic hydroxyl groups excluding tert-OH is 2. The van der Waals surface area contributed by atoms with Gasteiger partial charge in [-0.15, -0.1) is 0 Å². The summed E-state index contributed by atoms with van der Waals surface area (Å²) in [5.41, 5.74) is 0. The Morgan fingerprint density at radius 2 is 1.58 bits per heavy atom. The summed E-state index contributed by atoms with van der Waals surface area (Å²) in [6.45, 7) is 7.47. The molecule has 150 valence electrons. The molecule has 1 atom stereocenters. The monoisotopic (exact) mass is 368 g/mol. The van der Waals surface area contributed by atoms with Crippen LogP contribution in [0, 0.1) is 0 Å². The summed E-state index contributed by atoms with van der Waals surface area (Å²) in [7, 11) is 0. The summed E-state index contributed by atoms with van der Waals surface area (Å²) in [5.74, 6) is 0.0125. The minimum atomic E-state index is -0.981. The lowest BCUT2D eigenvalue weighted by Gasteiger charge is -2.05. The van der Waals surface area contributed by atoms with Crippen LogP contribution < -0.4 is 4.74 Å². The molecule has 0 aliphatic rings. The highest BCUT2D eigenvalue weighted by molar-refractivity contribution is 5.78. The van der Waals surface area contributed by atoms with Gasteiger partial charge in [-0.2, -0.15) is 0 Å². The van der Waals surface area contributed by atoms with Crippen molar-refractivity contribution in [1.29, 1.82) is 0 Å². The van der Waals surface area contributed by atoms with E-state index >= 15 is 0 Å². The van der Waals surface area contributed by atoms with Crippen LogP contribution in [0.4, 0.5) is 0 Å². The number of carboxylic acids is 1. The molecule has 0 aromatic heterocycles. The van der Waals surface area contributed by atoms with Crippen molar-refractivity contribution in [2.45, 2.75) is 64.9 Å². The van der Waals surface area contributed by atoms with E-state index in [9.17, 15) is 4.79 Å². The lowest BCUT2D eigenvalue weighted by Crippen LogP contribution is -2.03. The predicted molar refractivity (Wildman–Crippen MR) is 107 cm³/mol. The van der Waals surface area contributed by atoms with Crippen LogP contribution in [-0.4, -0.2) is 40.6 Å². The van der Waals surface area contributed by atoms with E-state index in [1.54, 1.807) is 0 Å². The van der Waals surface area contributed by atoms with Gasteiger partial charge in [-0.3, -0.25) is 0 Å². The highest BCUT2D eigenvalue weighted by atomic mass is 16.5. The van der Waals surface area contributed by atoms with Crippen molar-refractivity contribution in [3.63, 3.8) is 0 Å². The fraction of sp³-hybridized carbons (Fsp3) is 0.571. The van der Waals surface area contributed by atoms with E-state index in [4.69, 9.17) is 20.1 Å². The first kappa shape index (κ1) is 26.4. The first-order chi connectivity index (χ1) is 12.5. The Morgan fingerprint density at radius 3 is 2.00 bits per heavy atom. The minimum Gasteiger partial charge on any atom is -0.494 e. The molecule has 0 amide bonds. The molecule has 26 heavy (non-hydrogen) atoms. The summed E-state index contributed by atoms with van der Waals surface area (Å²) in [6.07, 6.45) is 9.62. The maximum Gasteiger partial charge on any atom is 0.327 e. The molecule has 0 aliphatic heterocycles. The van der Waals surface area contributed by atoms with E-state index in [0.717, 1.165) is 18.4 Å². The molecule has 1 aromatic rings. The van der Waals surface area contributed by atoms with E-state index in [-0.39, 0.29) is 6.61 Å². The predicted octanol–water partition coefficient (Wildman–Crippen LogP) is 4.43. The third-order valence-corrected chi connectivity index (χ3v) is 3.20. The summed E-state index contributed by atoms with van der Waals surface area (Å²) in [6, 6.07) is 10.1. The van der Waals surface area contributed by atoms with Crippen molar-refractivity contribution >= 4 is 5.97 Å². The molecule has 1 unspecified atom stereocenters. The van der Waals surface area contributed by atoms with Gasteiger partial charge in [0.15, 0.2) is 0 Å². The highest BCUT2D eigenvalue weighted by Gasteiger charge is 1.93. The number of aliphatic carboxylic acids is 1. The molecule has 0 aliphatic carbocycles. The molecule has 3 N–H and O–H groups in total. The molecule has 5 nitrogen and oxygen atoms in total. The van der Waals surface area contributed by atoms with Gasteiger partial charge in [-0.1, -0.05) is 70.2 Å². The van der Waals surface area contributed by atoms with Crippen LogP contribution in [0.15, 0.2) is 43.0 Å². The summed E-state index contributed by atoms with van der Waals surface area (Å²) >= 11 is 0.